The van der Waals surface area contributed by atoms with Crippen LogP contribution in [0.5, 0.6) is 0 Å². The zero-order valence-electron chi connectivity index (χ0n) is 11.9. The molecule has 0 aromatic rings. The number of ether oxygens (including phenoxy) is 2. The van der Waals surface area contributed by atoms with E-state index in [9.17, 15) is 9.67 Å². The molecule has 0 bridgehead atoms. The molecule has 4 unspecified atom stereocenters. The van der Waals surface area contributed by atoms with Crippen molar-refractivity contribution in [3.05, 3.63) is 11.9 Å². The maximum absolute atomic E-state index is 10.8. The van der Waals surface area contributed by atoms with Gasteiger partial charge >= 0.3 is 7.60 Å². The highest BCUT2D eigenvalue weighted by molar-refractivity contribution is 7.55. The van der Waals surface area contributed by atoms with Crippen LogP contribution in [0.4, 0.5) is 0 Å². The van der Waals surface area contributed by atoms with Crippen LogP contribution in [0.1, 0.15) is 20.3 Å². The Labute approximate surface area is 119 Å². The Morgan fingerprint density at radius 1 is 1.50 bits per heavy atom. The van der Waals surface area contributed by atoms with Crippen molar-refractivity contribution >= 4 is 15.4 Å². The van der Waals surface area contributed by atoms with Gasteiger partial charge in [-0.1, -0.05) is 0 Å². The molecule has 1 aliphatic heterocycles. The van der Waals surface area contributed by atoms with Crippen molar-refractivity contribution in [2.75, 3.05) is 0 Å². The zero-order valence-corrected chi connectivity index (χ0v) is 12.8. The lowest BCUT2D eigenvalue weighted by Gasteiger charge is -2.24. The summed E-state index contributed by atoms with van der Waals surface area (Å²) >= 11 is 0. The molecule has 0 saturated carbocycles. The third kappa shape index (κ3) is 5.65. The summed E-state index contributed by atoms with van der Waals surface area (Å²) in [6.45, 7) is 3.73. The minimum atomic E-state index is -4.26. The molecule has 6 atom stereocenters. The quantitative estimate of drug-likeness (QED) is 0.363. The fourth-order valence-electron chi connectivity index (χ4n) is 2.27. The number of rotatable bonds is 6. The minimum Gasteiger partial charge on any atom is -0.387 e. The third-order valence-electron chi connectivity index (χ3n) is 3.07. The second kappa shape index (κ2) is 7.18. The van der Waals surface area contributed by atoms with Gasteiger partial charge in [-0.3, -0.25) is 4.57 Å². The first-order valence-corrected chi connectivity index (χ1v) is 8.27. The minimum absolute atomic E-state index is 0.00915. The van der Waals surface area contributed by atoms with E-state index in [0.29, 0.717) is 6.42 Å². The van der Waals surface area contributed by atoms with Crippen LogP contribution in [0, 0.1) is 0 Å². The highest BCUT2D eigenvalue weighted by Crippen LogP contribution is 2.37. The molecule has 0 aromatic carbocycles. The molecule has 20 heavy (non-hydrogen) atoms. The van der Waals surface area contributed by atoms with Crippen LogP contribution in [0.3, 0.4) is 0 Å². The van der Waals surface area contributed by atoms with Crippen LogP contribution in [0.25, 0.3) is 0 Å². The van der Waals surface area contributed by atoms with E-state index in [1.165, 1.54) is 6.08 Å². The number of hydrogen-bond acceptors (Lipinski definition) is 5. The molecule has 0 radical (unpaired) electrons. The Hall–Kier alpha value is -0.205. The van der Waals surface area contributed by atoms with Crippen molar-refractivity contribution in [2.45, 2.75) is 56.7 Å². The molecule has 0 aromatic heterocycles. The standard InChI is InChI=1S/C11H23BNO6P/c1-6(13)5-7(2)18-10-9(14)8(19-11(10)12)3-4-20(15,16)17/h3-4,6-11,14H,5,12-13H2,1-2H3,(H2,15,16,17)/b4-3+/t6?,7?,8-,9?,10?,11-/m1/s1. The molecule has 1 aliphatic rings. The van der Waals surface area contributed by atoms with Crippen LogP contribution in [-0.4, -0.2) is 59.2 Å². The number of aliphatic hydroxyl groups excluding tert-OH is 1. The lowest BCUT2D eigenvalue weighted by Crippen LogP contribution is -2.38. The van der Waals surface area contributed by atoms with Crippen LogP contribution in [0.15, 0.2) is 11.9 Å². The molecule has 1 fully saturated rings. The fraction of sp³-hybridized carbons (Fsp3) is 0.818. The predicted molar refractivity (Wildman–Crippen MR) is 77.0 cm³/mol. The maximum Gasteiger partial charge on any atom is 0.348 e. The van der Waals surface area contributed by atoms with E-state index in [-0.39, 0.29) is 18.1 Å². The van der Waals surface area contributed by atoms with Crippen molar-refractivity contribution < 1.29 is 28.9 Å². The molecule has 5 N–H and O–H groups in total. The van der Waals surface area contributed by atoms with E-state index in [2.05, 4.69) is 0 Å². The zero-order chi connectivity index (χ0) is 15.5. The van der Waals surface area contributed by atoms with Gasteiger partial charge in [-0.25, -0.2) is 0 Å². The Morgan fingerprint density at radius 3 is 2.60 bits per heavy atom. The van der Waals surface area contributed by atoms with E-state index in [0.717, 1.165) is 5.82 Å². The van der Waals surface area contributed by atoms with Gasteiger partial charge in [0.15, 0.2) is 0 Å². The van der Waals surface area contributed by atoms with Crippen molar-refractivity contribution in [3.63, 3.8) is 0 Å². The van der Waals surface area contributed by atoms with Gasteiger partial charge in [-0.2, -0.15) is 0 Å². The first-order chi connectivity index (χ1) is 9.10. The lowest BCUT2D eigenvalue weighted by molar-refractivity contribution is -0.0605. The van der Waals surface area contributed by atoms with Gasteiger partial charge in [-0.05, 0) is 26.3 Å². The van der Waals surface area contributed by atoms with E-state index in [1.807, 2.05) is 13.8 Å². The monoisotopic (exact) mass is 307 g/mol. The van der Waals surface area contributed by atoms with E-state index in [1.54, 1.807) is 7.85 Å². The number of nitrogens with two attached hydrogens (primary N) is 1. The number of hydrogen-bond donors (Lipinski definition) is 4. The normalized spacial score (nSPS) is 34.5. The Morgan fingerprint density at radius 2 is 2.10 bits per heavy atom. The summed E-state index contributed by atoms with van der Waals surface area (Å²) in [7, 11) is -2.51. The lowest BCUT2D eigenvalue weighted by atomic mass is 9.92. The first kappa shape index (κ1) is 17.8. The van der Waals surface area contributed by atoms with Crippen molar-refractivity contribution in [3.8, 4) is 0 Å². The summed E-state index contributed by atoms with van der Waals surface area (Å²) in [5, 5.41) is 10.1. The summed E-state index contributed by atoms with van der Waals surface area (Å²) in [5.74, 6) is 0.737. The molecule has 0 spiro atoms. The van der Waals surface area contributed by atoms with Crippen LogP contribution >= 0.6 is 7.60 Å². The van der Waals surface area contributed by atoms with Crippen LogP contribution < -0.4 is 5.73 Å². The molecular weight excluding hydrogens is 284 g/mol. The van der Waals surface area contributed by atoms with Gasteiger partial charge < -0.3 is 30.1 Å². The van der Waals surface area contributed by atoms with Crippen LogP contribution in [-0.2, 0) is 14.0 Å². The SMILES string of the molecule is B[C@@H]1O[C@H](/C=C/P(=O)(O)O)C(O)C1OC(C)CC(C)N. The summed E-state index contributed by atoms with van der Waals surface area (Å²) in [4.78, 5) is 17.6. The van der Waals surface area contributed by atoms with Crippen molar-refractivity contribution in [1.82, 2.24) is 0 Å². The highest BCUT2D eigenvalue weighted by atomic mass is 31.2. The fourth-order valence-corrected chi connectivity index (χ4v) is 2.66. The molecule has 1 heterocycles. The van der Waals surface area contributed by atoms with E-state index >= 15 is 0 Å². The summed E-state index contributed by atoms with van der Waals surface area (Å²) in [6, 6.07) is -0.378. The molecule has 0 aliphatic carbocycles. The number of aliphatic hydroxyl groups is 1. The first-order valence-electron chi connectivity index (χ1n) is 6.59. The smallest absolute Gasteiger partial charge is 0.348 e. The predicted octanol–water partition coefficient (Wildman–Crippen LogP) is -1.09. The summed E-state index contributed by atoms with van der Waals surface area (Å²) in [6.07, 6.45) is -0.602. The van der Waals surface area contributed by atoms with Crippen molar-refractivity contribution in [2.24, 2.45) is 5.73 Å². The van der Waals surface area contributed by atoms with E-state index in [4.69, 9.17) is 25.0 Å². The van der Waals surface area contributed by atoms with Gasteiger partial charge in [0.2, 0.25) is 0 Å². The van der Waals surface area contributed by atoms with Gasteiger partial charge in [0.05, 0.1) is 12.1 Å². The summed E-state index contributed by atoms with van der Waals surface area (Å²) < 4.78 is 22.0. The molecule has 1 saturated heterocycles. The molecule has 7 nitrogen and oxygen atoms in total. The Balaban J connectivity index is 2.62. The Bertz CT molecular complexity index is 387. The summed E-state index contributed by atoms with van der Waals surface area (Å²) in [5.41, 5.74) is 5.69. The molecular formula is C11H23BNO6P. The van der Waals surface area contributed by atoms with Crippen molar-refractivity contribution in [1.29, 1.82) is 0 Å². The average molecular weight is 307 g/mol. The average Bonchev–Trinajstić information content (AvgIpc) is 2.52. The topological polar surface area (TPSA) is 122 Å². The van der Waals surface area contributed by atoms with Gasteiger partial charge in [0.1, 0.15) is 26.2 Å². The second-order valence-corrected chi connectivity index (χ2v) is 6.83. The Kier molecular flexibility index (Phi) is 6.40. The highest BCUT2D eigenvalue weighted by Gasteiger charge is 2.41. The van der Waals surface area contributed by atoms with Gasteiger partial charge in [0, 0.05) is 11.9 Å². The van der Waals surface area contributed by atoms with E-state index < -0.39 is 25.9 Å². The third-order valence-corrected chi connectivity index (χ3v) is 3.63. The largest absolute Gasteiger partial charge is 0.387 e. The second-order valence-electron chi connectivity index (χ2n) is 5.35. The van der Waals surface area contributed by atoms with Crippen LogP contribution in [0.2, 0.25) is 0 Å². The van der Waals surface area contributed by atoms with Gasteiger partial charge in [-0.15, -0.1) is 0 Å². The molecule has 1 rings (SSSR count). The maximum atomic E-state index is 10.8. The molecule has 0 amide bonds. The molecule has 116 valence electrons. The van der Waals surface area contributed by atoms with Gasteiger partial charge in [0.25, 0.3) is 0 Å². The molecule has 9 heteroatoms.